The van der Waals surface area contributed by atoms with Crippen molar-refractivity contribution >= 4 is 11.6 Å². The molecule has 1 aromatic rings. The Bertz CT molecular complexity index is 624. The summed E-state index contributed by atoms with van der Waals surface area (Å²) in [6.07, 6.45) is -6.56. The number of ether oxygens (including phenoxy) is 3. The SMILES string of the molecule is CNC(=O)CO[C@H]1[C@@H](O)[C@@H](CO)O[C@@H](Oc2ccc([N+](=O)[O-])cc2)[C@@H]1O. The van der Waals surface area contributed by atoms with Gasteiger partial charge >= 0.3 is 0 Å². The lowest BCUT2D eigenvalue weighted by Crippen LogP contribution is -2.61. The van der Waals surface area contributed by atoms with Gasteiger partial charge < -0.3 is 34.8 Å². The topological polar surface area (TPSA) is 161 Å². The molecule has 1 saturated heterocycles. The Kier molecular flexibility index (Phi) is 6.83. The van der Waals surface area contributed by atoms with E-state index >= 15 is 0 Å². The van der Waals surface area contributed by atoms with Crippen LogP contribution in [0.2, 0.25) is 0 Å². The lowest BCUT2D eigenvalue weighted by atomic mass is 9.99. The number of rotatable bonds is 7. The average molecular weight is 372 g/mol. The maximum Gasteiger partial charge on any atom is 0.269 e. The van der Waals surface area contributed by atoms with Crippen LogP contribution in [0, 0.1) is 10.1 Å². The van der Waals surface area contributed by atoms with Gasteiger partial charge in [-0.05, 0) is 12.1 Å². The summed E-state index contributed by atoms with van der Waals surface area (Å²) in [5, 5.41) is 42.8. The van der Waals surface area contributed by atoms with Crippen molar-refractivity contribution in [2.45, 2.75) is 30.7 Å². The molecule has 0 aliphatic carbocycles. The van der Waals surface area contributed by atoms with Gasteiger partial charge in [-0.1, -0.05) is 0 Å². The Hall–Kier alpha value is -2.31. The number of nitro groups is 1. The number of amides is 1. The molecule has 11 heteroatoms. The fraction of sp³-hybridized carbons (Fsp3) is 0.533. The van der Waals surface area contributed by atoms with Crippen molar-refractivity contribution in [1.82, 2.24) is 5.32 Å². The van der Waals surface area contributed by atoms with E-state index in [1.54, 1.807) is 0 Å². The number of carbonyl (C=O) groups is 1. The van der Waals surface area contributed by atoms with E-state index in [9.17, 15) is 30.2 Å². The molecule has 0 bridgehead atoms. The summed E-state index contributed by atoms with van der Waals surface area (Å²) in [4.78, 5) is 21.4. The van der Waals surface area contributed by atoms with Crippen LogP contribution in [0.3, 0.4) is 0 Å². The van der Waals surface area contributed by atoms with Crippen molar-refractivity contribution in [2.75, 3.05) is 20.3 Å². The summed E-state index contributed by atoms with van der Waals surface area (Å²) in [5.74, 6) is -0.304. The average Bonchev–Trinajstić information content (AvgIpc) is 2.64. The summed E-state index contributed by atoms with van der Waals surface area (Å²) in [6.45, 7) is -0.995. The molecule has 4 N–H and O–H groups in total. The van der Waals surface area contributed by atoms with Crippen molar-refractivity contribution in [2.24, 2.45) is 0 Å². The van der Waals surface area contributed by atoms with Crippen LogP contribution in [0.5, 0.6) is 5.75 Å². The Morgan fingerprint density at radius 2 is 1.96 bits per heavy atom. The van der Waals surface area contributed by atoms with E-state index in [0.29, 0.717) is 0 Å². The van der Waals surface area contributed by atoms with Gasteiger partial charge in [0.15, 0.2) is 0 Å². The second-order valence-electron chi connectivity index (χ2n) is 5.52. The van der Waals surface area contributed by atoms with Crippen LogP contribution in [-0.4, -0.2) is 77.1 Å². The zero-order chi connectivity index (χ0) is 19.3. The number of nitrogens with one attached hydrogen (secondary N) is 1. The molecule has 1 amide bonds. The van der Waals surface area contributed by atoms with Crippen LogP contribution in [0.1, 0.15) is 0 Å². The first-order valence-electron chi connectivity index (χ1n) is 7.73. The van der Waals surface area contributed by atoms with Crippen LogP contribution >= 0.6 is 0 Å². The number of nitrogens with zero attached hydrogens (tertiary/aromatic N) is 1. The summed E-state index contributed by atoms with van der Waals surface area (Å²) in [6, 6.07) is 5.05. The lowest BCUT2D eigenvalue weighted by molar-refractivity contribution is -0.384. The van der Waals surface area contributed by atoms with Gasteiger partial charge in [0.1, 0.15) is 36.8 Å². The van der Waals surface area contributed by atoms with Gasteiger partial charge in [0, 0.05) is 19.2 Å². The Morgan fingerprint density at radius 3 is 2.50 bits per heavy atom. The normalized spacial score (nSPS) is 28.4. The summed E-state index contributed by atoms with van der Waals surface area (Å²) in [5.41, 5.74) is -0.141. The van der Waals surface area contributed by atoms with Crippen molar-refractivity contribution in [3.63, 3.8) is 0 Å². The third kappa shape index (κ3) is 4.65. The second-order valence-corrected chi connectivity index (χ2v) is 5.52. The molecule has 0 radical (unpaired) electrons. The molecule has 0 spiro atoms. The molecule has 1 aliphatic rings. The van der Waals surface area contributed by atoms with E-state index in [1.165, 1.54) is 31.3 Å². The van der Waals surface area contributed by atoms with Crippen LogP contribution in [-0.2, 0) is 14.3 Å². The molecule has 1 aliphatic heterocycles. The molecule has 5 atom stereocenters. The lowest BCUT2D eigenvalue weighted by Gasteiger charge is -2.41. The quantitative estimate of drug-likeness (QED) is 0.331. The first-order chi connectivity index (χ1) is 12.4. The predicted molar refractivity (Wildman–Crippen MR) is 85.3 cm³/mol. The largest absolute Gasteiger partial charge is 0.462 e. The van der Waals surface area contributed by atoms with Gasteiger partial charge in [0.2, 0.25) is 12.2 Å². The number of benzene rings is 1. The van der Waals surface area contributed by atoms with Gasteiger partial charge in [-0.25, -0.2) is 0 Å². The maximum atomic E-state index is 11.3. The molecular formula is C15H20N2O9. The van der Waals surface area contributed by atoms with E-state index in [0.717, 1.165) is 0 Å². The Balaban J connectivity index is 2.10. The Labute approximate surface area is 148 Å². The highest BCUT2D eigenvalue weighted by Gasteiger charge is 2.46. The molecule has 2 rings (SSSR count). The highest BCUT2D eigenvalue weighted by atomic mass is 16.7. The van der Waals surface area contributed by atoms with E-state index < -0.39 is 54.8 Å². The maximum absolute atomic E-state index is 11.3. The molecule has 26 heavy (non-hydrogen) atoms. The number of non-ortho nitro benzene ring substituents is 1. The van der Waals surface area contributed by atoms with Crippen molar-refractivity contribution in [1.29, 1.82) is 0 Å². The number of aliphatic hydroxyl groups is 3. The Morgan fingerprint density at radius 1 is 1.31 bits per heavy atom. The van der Waals surface area contributed by atoms with Crippen LogP contribution in [0.25, 0.3) is 0 Å². The molecular weight excluding hydrogens is 352 g/mol. The van der Waals surface area contributed by atoms with Crippen molar-refractivity contribution < 1.29 is 39.2 Å². The van der Waals surface area contributed by atoms with Gasteiger partial charge in [-0.15, -0.1) is 0 Å². The molecule has 1 aromatic carbocycles. The fourth-order valence-corrected chi connectivity index (χ4v) is 2.37. The minimum absolute atomic E-state index is 0.141. The zero-order valence-corrected chi connectivity index (χ0v) is 13.8. The number of hydrogen-bond acceptors (Lipinski definition) is 9. The minimum atomic E-state index is -1.48. The highest BCUT2D eigenvalue weighted by molar-refractivity contribution is 5.76. The highest BCUT2D eigenvalue weighted by Crippen LogP contribution is 2.27. The van der Waals surface area contributed by atoms with E-state index in [-0.39, 0.29) is 11.4 Å². The molecule has 1 fully saturated rings. The fourth-order valence-electron chi connectivity index (χ4n) is 2.37. The number of likely N-dealkylation sites (N-methyl/N-ethyl adjacent to an activating group) is 1. The van der Waals surface area contributed by atoms with Crippen molar-refractivity contribution in [3.8, 4) is 5.75 Å². The van der Waals surface area contributed by atoms with Gasteiger partial charge in [0.05, 0.1) is 11.5 Å². The van der Waals surface area contributed by atoms with Crippen LogP contribution < -0.4 is 10.1 Å². The molecule has 0 unspecified atom stereocenters. The summed E-state index contributed by atoms with van der Waals surface area (Å²) in [7, 11) is 1.40. The number of carbonyl (C=O) groups excluding carboxylic acids is 1. The third-order valence-corrected chi connectivity index (χ3v) is 3.81. The van der Waals surface area contributed by atoms with Gasteiger partial charge in [-0.2, -0.15) is 0 Å². The van der Waals surface area contributed by atoms with E-state index in [1.807, 2.05) is 0 Å². The number of aliphatic hydroxyl groups excluding tert-OH is 3. The van der Waals surface area contributed by atoms with Crippen LogP contribution in [0.4, 0.5) is 5.69 Å². The van der Waals surface area contributed by atoms with E-state index in [2.05, 4.69) is 5.32 Å². The standard InChI is InChI=1S/C15H20N2O9/c1-16-11(19)7-24-14-12(20)10(6-18)26-15(13(14)21)25-9-4-2-8(3-5-9)17(22)23/h2-5,10,12-15,18,20-21H,6-7H2,1H3,(H,16,19)/t10-,12+,13-,14+,15-/m1/s1. The molecule has 1 heterocycles. The van der Waals surface area contributed by atoms with Gasteiger partial charge in [0.25, 0.3) is 5.69 Å². The summed E-state index contributed by atoms with van der Waals surface area (Å²) >= 11 is 0. The second kappa shape index (κ2) is 8.87. The molecule has 0 aromatic heterocycles. The van der Waals surface area contributed by atoms with Crippen molar-refractivity contribution in [3.05, 3.63) is 34.4 Å². The third-order valence-electron chi connectivity index (χ3n) is 3.81. The monoisotopic (exact) mass is 372 g/mol. The first kappa shape index (κ1) is 20.0. The van der Waals surface area contributed by atoms with Crippen LogP contribution in [0.15, 0.2) is 24.3 Å². The first-order valence-corrected chi connectivity index (χ1v) is 7.73. The zero-order valence-electron chi connectivity index (χ0n) is 13.8. The molecule has 11 nitrogen and oxygen atoms in total. The predicted octanol–water partition coefficient (Wildman–Crippen LogP) is -1.46. The van der Waals surface area contributed by atoms with E-state index in [4.69, 9.17) is 14.2 Å². The smallest absolute Gasteiger partial charge is 0.269 e. The molecule has 144 valence electrons. The molecule has 0 saturated carbocycles. The minimum Gasteiger partial charge on any atom is -0.462 e. The number of nitro benzene ring substituents is 1. The summed E-state index contributed by atoms with van der Waals surface area (Å²) < 4.78 is 16.0. The number of hydrogen-bond donors (Lipinski definition) is 4. The van der Waals surface area contributed by atoms with Gasteiger partial charge in [-0.3, -0.25) is 14.9 Å².